The lowest BCUT2D eigenvalue weighted by Crippen LogP contribution is -2.43. The normalized spacial score (nSPS) is 17.2. The molecular weight excluding hydrogens is 266 g/mol. The van der Waals surface area contributed by atoms with Gasteiger partial charge in [-0.25, -0.2) is 0 Å². The van der Waals surface area contributed by atoms with E-state index in [1.165, 1.54) is 19.3 Å². The van der Waals surface area contributed by atoms with E-state index in [0.717, 1.165) is 19.6 Å². The molecule has 1 atom stereocenters. The predicted molar refractivity (Wildman–Crippen MR) is 84.6 cm³/mol. The number of hydrogen-bond acceptors (Lipinski definition) is 4. The Morgan fingerprint density at radius 3 is 2.76 bits per heavy atom. The molecule has 0 bridgehead atoms. The van der Waals surface area contributed by atoms with E-state index in [4.69, 9.17) is 10.5 Å². The Kier molecular flexibility index (Phi) is 5.44. The van der Waals surface area contributed by atoms with E-state index < -0.39 is 0 Å². The van der Waals surface area contributed by atoms with E-state index in [1.54, 1.807) is 25.3 Å². The summed E-state index contributed by atoms with van der Waals surface area (Å²) in [7, 11) is 1.54. The van der Waals surface area contributed by atoms with Gasteiger partial charge < -0.3 is 20.7 Å². The topological polar surface area (TPSA) is 67.6 Å². The van der Waals surface area contributed by atoms with Gasteiger partial charge in [-0.3, -0.25) is 4.79 Å². The largest absolute Gasteiger partial charge is 0.496 e. The van der Waals surface area contributed by atoms with Crippen LogP contribution in [0, 0.1) is 0 Å². The van der Waals surface area contributed by atoms with Crippen LogP contribution in [0.1, 0.15) is 36.5 Å². The molecule has 5 heteroatoms. The van der Waals surface area contributed by atoms with E-state index in [-0.39, 0.29) is 11.9 Å². The molecule has 1 aliphatic heterocycles. The van der Waals surface area contributed by atoms with Crippen LogP contribution in [-0.2, 0) is 0 Å². The Labute approximate surface area is 126 Å². The average Bonchev–Trinajstić information content (AvgIpc) is 2.47. The van der Waals surface area contributed by atoms with Gasteiger partial charge >= 0.3 is 0 Å². The second-order valence-electron chi connectivity index (χ2n) is 5.70. The van der Waals surface area contributed by atoms with Gasteiger partial charge in [0.25, 0.3) is 5.91 Å². The molecule has 1 aliphatic rings. The van der Waals surface area contributed by atoms with E-state index >= 15 is 0 Å². The SMILES string of the molecule is COc1cc(N)ccc1C(=O)NC(C)CN1CCCCC1. The molecule has 0 spiro atoms. The van der Waals surface area contributed by atoms with Gasteiger partial charge in [0.1, 0.15) is 5.75 Å². The van der Waals surface area contributed by atoms with Crippen molar-refractivity contribution in [1.82, 2.24) is 10.2 Å². The fourth-order valence-corrected chi connectivity index (χ4v) is 2.77. The number of benzene rings is 1. The van der Waals surface area contributed by atoms with Crippen LogP contribution >= 0.6 is 0 Å². The Morgan fingerprint density at radius 1 is 1.38 bits per heavy atom. The molecule has 1 aromatic carbocycles. The second-order valence-corrected chi connectivity index (χ2v) is 5.70. The third kappa shape index (κ3) is 4.36. The first-order chi connectivity index (χ1) is 10.1. The number of piperidine rings is 1. The number of nitrogens with two attached hydrogens (primary N) is 1. The minimum Gasteiger partial charge on any atom is -0.496 e. The van der Waals surface area contributed by atoms with Crippen molar-refractivity contribution in [2.24, 2.45) is 0 Å². The maximum atomic E-state index is 12.3. The first kappa shape index (κ1) is 15.6. The lowest BCUT2D eigenvalue weighted by Gasteiger charge is -2.29. The summed E-state index contributed by atoms with van der Waals surface area (Å²) in [4.78, 5) is 14.7. The van der Waals surface area contributed by atoms with Gasteiger partial charge in [-0.1, -0.05) is 6.42 Å². The number of anilines is 1. The van der Waals surface area contributed by atoms with Crippen molar-refractivity contribution in [2.75, 3.05) is 32.5 Å². The second kappa shape index (κ2) is 7.31. The summed E-state index contributed by atoms with van der Waals surface area (Å²) in [5.41, 5.74) is 6.82. The van der Waals surface area contributed by atoms with E-state index in [2.05, 4.69) is 10.2 Å². The Balaban J connectivity index is 1.94. The zero-order valence-electron chi connectivity index (χ0n) is 12.9. The molecule has 21 heavy (non-hydrogen) atoms. The van der Waals surface area contributed by atoms with Gasteiger partial charge in [-0.15, -0.1) is 0 Å². The summed E-state index contributed by atoms with van der Waals surface area (Å²) in [5.74, 6) is 0.397. The van der Waals surface area contributed by atoms with Crippen molar-refractivity contribution >= 4 is 11.6 Å². The van der Waals surface area contributed by atoms with E-state index in [1.807, 2.05) is 6.92 Å². The quantitative estimate of drug-likeness (QED) is 0.813. The minimum atomic E-state index is -0.114. The molecule has 3 N–H and O–H groups in total. The molecule has 1 aromatic rings. The lowest BCUT2D eigenvalue weighted by atomic mass is 10.1. The number of amides is 1. The van der Waals surface area contributed by atoms with Crippen molar-refractivity contribution in [3.63, 3.8) is 0 Å². The standard InChI is InChI=1S/C16H25N3O2/c1-12(11-19-8-4-3-5-9-19)18-16(20)14-7-6-13(17)10-15(14)21-2/h6-7,10,12H,3-5,8-9,11,17H2,1-2H3,(H,18,20). The number of likely N-dealkylation sites (tertiary alicyclic amines) is 1. The number of nitrogens with zero attached hydrogens (tertiary/aromatic N) is 1. The monoisotopic (exact) mass is 291 g/mol. The van der Waals surface area contributed by atoms with Gasteiger partial charge in [0.2, 0.25) is 0 Å². The molecule has 0 saturated carbocycles. The molecule has 5 nitrogen and oxygen atoms in total. The van der Waals surface area contributed by atoms with Crippen LogP contribution < -0.4 is 15.8 Å². The van der Waals surface area contributed by atoms with Crippen LogP contribution in [-0.4, -0.2) is 43.6 Å². The third-order valence-corrected chi connectivity index (χ3v) is 3.83. The molecule has 116 valence electrons. The van der Waals surface area contributed by atoms with E-state index in [0.29, 0.717) is 17.0 Å². The number of nitrogens with one attached hydrogen (secondary N) is 1. The van der Waals surface area contributed by atoms with Crippen LogP contribution in [0.5, 0.6) is 5.75 Å². The summed E-state index contributed by atoms with van der Waals surface area (Å²) in [6.45, 7) is 5.19. The number of rotatable bonds is 5. The third-order valence-electron chi connectivity index (χ3n) is 3.83. The minimum absolute atomic E-state index is 0.109. The summed E-state index contributed by atoms with van der Waals surface area (Å²) in [6, 6.07) is 5.20. The molecule has 0 aromatic heterocycles. The number of methoxy groups -OCH3 is 1. The molecule has 0 aliphatic carbocycles. The number of carbonyl (C=O) groups is 1. The zero-order valence-corrected chi connectivity index (χ0v) is 12.9. The fraction of sp³-hybridized carbons (Fsp3) is 0.562. The molecule has 1 heterocycles. The molecule has 1 unspecified atom stereocenters. The smallest absolute Gasteiger partial charge is 0.255 e. The Bertz CT molecular complexity index is 484. The maximum Gasteiger partial charge on any atom is 0.255 e. The van der Waals surface area contributed by atoms with Gasteiger partial charge in [0.05, 0.1) is 12.7 Å². The molecule has 0 radical (unpaired) electrons. The average molecular weight is 291 g/mol. The summed E-state index contributed by atoms with van der Waals surface area (Å²) in [6.07, 6.45) is 3.83. The first-order valence-corrected chi connectivity index (χ1v) is 7.57. The van der Waals surface area contributed by atoms with Crippen molar-refractivity contribution in [2.45, 2.75) is 32.2 Å². The molecule has 1 fully saturated rings. The van der Waals surface area contributed by atoms with Crippen molar-refractivity contribution in [3.05, 3.63) is 23.8 Å². The Morgan fingerprint density at radius 2 is 2.10 bits per heavy atom. The molecule has 1 amide bonds. The van der Waals surface area contributed by atoms with Crippen molar-refractivity contribution < 1.29 is 9.53 Å². The van der Waals surface area contributed by atoms with Gasteiger partial charge in [0.15, 0.2) is 0 Å². The van der Waals surface area contributed by atoms with Crippen LogP contribution in [0.15, 0.2) is 18.2 Å². The lowest BCUT2D eigenvalue weighted by molar-refractivity contribution is 0.0922. The van der Waals surface area contributed by atoms with E-state index in [9.17, 15) is 4.79 Å². The molecular formula is C16H25N3O2. The highest BCUT2D eigenvalue weighted by Crippen LogP contribution is 2.21. The van der Waals surface area contributed by atoms with Gasteiger partial charge in [-0.05, 0) is 45.0 Å². The highest BCUT2D eigenvalue weighted by Gasteiger charge is 2.17. The summed E-state index contributed by atoms with van der Waals surface area (Å²) >= 11 is 0. The number of hydrogen-bond donors (Lipinski definition) is 2. The van der Waals surface area contributed by atoms with Crippen LogP contribution in [0.2, 0.25) is 0 Å². The number of carbonyl (C=O) groups excluding carboxylic acids is 1. The number of ether oxygens (including phenoxy) is 1. The van der Waals surface area contributed by atoms with Crippen LogP contribution in [0.25, 0.3) is 0 Å². The van der Waals surface area contributed by atoms with Crippen LogP contribution in [0.3, 0.4) is 0 Å². The maximum absolute atomic E-state index is 12.3. The first-order valence-electron chi connectivity index (χ1n) is 7.57. The van der Waals surface area contributed by atoms with Crippen LogP contribution in [0.4, 0.5) is 5.69 Å². The van der Waals surface area contributed by atoms with Crippen molar-refractivity contribution in [3.8, 4) is 5.75 Å². The highest BCUT2D eigenvalue weighted by molar-refractivity contribution is 5.97. The number of nitrogen functional groups attached to an aromatic ring is 1. The molecule has 1 saturated heterocycles. The molecule has 2 rings (SSSR count). The summed E-state index contributed by atoms with van der Waals surface area (Å²) < 4.78 is 5.23. The van der Waals surface area contributed by atoms with Gasteiger partial charge in [0, 0.05) is 24.3 Å². The predicted octanol–water partition coefficient (Wildman–Crippen LogP) is 1.88. The van der Waals surface area contributed by atoms with Crippen molar-refractivity contribution in [1.29, 1.82) is 0 Å². The summed E-state index contributed by atoms with van der Waals surface area (Å²) in [5, 5.41) is 3.04. The highest BCUT2D eigenvalue weighted by atomic mass is 16.5. The zero-order chi connectivity index (χ0) is 15.2. The Hall–Kier alpha value is -1.75. The van der Waals surface area contributed by atoms with Gasteiger partial charge in [-0.2, -0.15) is 0 Å². The fourth-order valence-electron chi connectivity index (χ4n) is 2.77.